The number of hydrogen-bond acceptors (Lipinski definition) is 5. The summed E-state index contributed by atoms with van der Waals surface area (Å²) in [4.78, 5) is 26.3. The van der Waals surface area contributed by atoms with Gasteiger partial charge < -0.3 is 9.84 Å². The van der Waals surface area contributed by atoms with Crippen molar-refractivity contribution in [2.45, 2.75) is 31.7 Å². The maximum Gasteiger partial charge on any atom is 0.415 e. The van der Waals surface area contributed by atoms with Crippen molar-refractivity contribution < 1.29 is 19.4 Å². The quantitative estimate of drug-likeness (QED) is 0.624. The van der Waals surface area contributed by atoms with Crippen LogP contribution in [0.15, 0.2) is 48.5 Å². The fourth-order valence-electron chi connectivity index (χ4n) is 4.16. The zero-order valence-electron chi connectivity index (χ0n) is 16.4. The van der Waals surface area contributed by atoms with Crippen LogP contribution in [0.1, 0.15) is 45.9 Å². The van der Waals surface area contributed by atoms with Gasteiger partial charge in [0.1, 0.15) is 17.2 Å². The van der Waals surface area contributed by atoms with Gasteiger partial charge in [0.2, 0.25) is 0 Å². The lowest BCUT2D eigenvalue weighted by Gasteiger charge is -2.22. The van der Waals surface area contributed by atoms with Crippen LogP contribution in [0.2, 0.25) is 0 Å². The first kappa shape index (κ1) is 18.8. The van der Waals surface area contributed by atoms with E-state index < -0.39 is 12.1 Å². The molecule has 152 valence electrons. The van der Waals surface area contributed by atoms with Crippen molar-refractivity contribution in [2.24, 2.45) is 0 Å². The van der Waals surface area contributed by atoms with Gasteiger partial charge in [0.25, 0.3) is 0 Å². The molecule has 5 rings (SSSR count). The Hall–Kier alpha value is -3.19. The monoisotopic (exact) mass is 420 g/mol. The number of anilines is 1. The summed E-state index contributed by atoms with van der Waals surface area (Å²) in [6.07, 6.45) is 1.16. The Morgan fingerprint density at radius 2 is 1.70 bits per heavy atom. The molecule has 2 aromatic carbocycles. The predicted molar refractivity (Wildman–Crippen MR) is 114 cm³/mol. The Kier molecular flexibility index (Phi) is 4.55. The maximum absolute atomic E-state index is 13.1. The number of carbonyl (C=O) groups excluding carboxylic acids is 1. The molecule has 0 unspecified atom stereocenters. The lowest BCUT2D eigenvalue weighted by atomic mass is 9.98. The number of ether oxygens (including phenoxy) is 1. The van der Waals surface area contributed by atoms with Crippen molar-refractivity contribution in [1.29, 1.82) is 0 Å². The number of rotatable bonds is 5. The molecule has 0 saturated heterocycles. The maximum atomic E-state index is 13.1. The summed E-state index contributed by atoms with van der Waals surface area (Å²) in [7, 11) is 0. The van der Waals surface area contributed by atoms with E-state index in [1.165, 1.54) is 16.0 Å². The normalized spacial score (nSPS) is 14.8. The highest BCUT2D eigenvalue weighted by Gasteiger charge is 2.39. The molecule has 2 aliphatic rings. The first-order chi connectivity index (χ1) is 14.6. The largest absolute Gasteiger partial charge is 0.478 e. The molecule has 1 aromatic heterocycles. The van der Waals surface area contributed by atoms with E-state index in [1.54, 1.807) is 6.92 Å². The zero-order chi connectivity index (χ0) is 20.8. The van der Waals surface area contributed by atoms with Crippen molar-refractivity contribution in [3.05, 3.63) is 70.9 Å². The van der Waals surface area contributed by atoms with Gasteiger partial charge in [-0.05, 0) is 53.6 Å². The summed E-state index contributed by atoms with van der Waals surface area (Å²) in [5.41, 5.74) is 5.12. The number of carboxylic acids is 1. The van der Waals surface area contributed by atoms with Gasteiger partial charge in [0.15, 0.2) is 0 Å². The lowest BCUT2D eigenvalue weighted by molar-refractivity contribution is 0.0697. The molecule has 0 bridgehead atoms. The van der Waals surface area contributed by atoms with Crippen LogP contribution in [-0.2, 0) is 4.74 Å². The molecule has 1 saturated carbocycles. The second-order valence-corrected chi connectivity index (χ2v) is 8.41. The van der Waals surface area contributed by atoms with Crippen LogP contribution in [0.3, 0.4) is 0 Å². The Labute approximate surface area is 177 Å². The standard InChI is InChI=1S/C23H20N2O4S/c1-13-20(22(26)27)21(30-24-13)25(14-10-11-14)23(28)29-12-19-17-8-4-2-6-15(17)16-7-3-5-9-18(16)19/h2-9,14,19H,10-12H2,1H3,(H,26,27). The van der Waals surface area contributed by atoms with Gasteiger partial charge in [-0.3, -0.25) is 4.90 Å². The van der Waals surface area contributed by atoms with Crippen molar-refractivity contribution in [3.8, 4) is 11.1 Å². The highest BCUT2D eigenvalue weighted by Crippen LogP contribution is 2.45. The third-order valence-corrected chi connectivity index (χ3v) is 6.66. The number of hydrogen-bond donors (Lipinski definition) is 1. The van der Waals surface area contributed by atoms with E-state index in [1.807, 2.05) is 24.3 Å². The Morgan fingerprint density at radius 3 is 2.27 bits per heavy atom. The van der Waals surface area contributed by atoms with Crippen LogP contribution < -0.4 is 4.90 Å². The molecule has 1 N–H and O–H groups in total. The minimum absolute atomic E-state index is 0.0291. The number of aryl methyl sites for hydroxylation is 1. The van der Waals surface area contributed by atoms with E-state index in [2.05, 4.69) is 28.6 Å². The molecule has 6 nitrogen and oxygen atoms in total. The van der Waals surface area contributed by atoms with Crippen LogP contribution in [-0.4, -0.2) is 34.2 Å². The van der Waals surface area contributed by atoms with Gasteiger partial charge in [0.05, 0.1) is 5.69 Å². The fraction of sp³-hybridized carbons (Fsp3) is 0.261. The molecule has 0 spiro atoms. The Morgan fingerprint density at radius 1 is 1.10 bits per heavy atom. The van der Waals surface area contributed by atoms with E-state index in [9.17, 15) is 14.7 Å². The number of nitrogens with zero attached hydrogens (tertiary/aromatic N) is 2. The SMILES string of the molecule is Cc1nsc(N(C(=O)OCC2c3ccccc3-c3ccccc32)C2CC2)c1C(=O)O. The predicted octanol–water partition coefficient (Wildman–Crippen LogP) is 5.07. The molecule has 7 heteroatoms. The average Bonchev–Trinajstić information content (AvgIpc) is 3.42. The molecule has 2 aliphatic carbocycles. The van der Waals surface area contributed by atoms with Crippen LogP contribution in [0, 0.1) is 6.92 Å². The summed E-state index contributed by atoms with van der Waals surface area (Å²) in [5.74, 6) is -1.11. The smallest absolute Gasteiger partial charge is 0.415 e. The fourth-order valence-corrected chi connectivity index (χ4v) is 5.12. The van der Waals surface area contributed by atoms with Gasteiger partial charge in [-0.25, -0.2) is 9.59 Å². The van der Waals surface area contributed by atoms with Crippen LogP contribution in [0.25, 0.3) is 11.1 Å². The third-order valence-electron chi connectivity index (χ3n) is 5.72. The first-order valence-corrected chi connectivity index (χ1v) is 10.7. The lowest BCUT2D eigenvalue weighted by Crippen LogP contribution is -2.35. The average molecular weight is 420 g/mol. The van der Waals surface area contributed by atoms with E-state index in [0.717, 1.165) is 35.5 Å². The molecule has 0 aliphatic heterocycles. The molecular formula is C23H20N2O4S. The van der Waals surface area contributed by atoms with Gasteiger partial charge >= 0.3 is 12.1 Å². The summed E-state index contributed by atoms with van der Waals surface area (Å²) in [6.45, 7) is 1.85. The molecule has 1 fully saturated rings. The molecule has 0 radical (unpaired) electrons. The van der Waals surface area contributed by atoms with Gasteiger partial charge in [-0.2, -0.15) is 4.37 Å². The number of carboxylic acid groups (broad SMARTS) is 1. The second-order valence-electron chi connectivity index (χ2n) is 7.66. The highest BCUT2D eigenvalue weighted by molar-refractivity contribution is 7.11. The molecular weight excluding hydrogens is 400 g/mol. The number of fused-ring (bicyclic) bond motifs is 3. The molecule has 1 amide bonds. The van der Waals surface area contributed by atoms with Crippen LogP contribution >= 0.6 is 11.5 Å². The summed E-state index contributed by atoms with van der Waals surface area (Å²) in [5, 5.41) is 9.94. The van der Waals surface area contributed by atoms with Gasteiger partial charge in [0, 0.05) is 12.0 Å². The van der Waals surface area contributed by atoms with Crippen molar-refractivity contribution in [3.63, 3.8) is 0 Å². The minimum atomic E-state index is -1.08. The molecule has 30 heavy (non-hydrogen) atoms. The van der Waals surface area contributed by atoms with E-state index in [-0.39, 0.29) is 24.1 Å². The third kappa shape index (κ3) is 3.06. The van der Waals surface area contributed by atoms with E-state index in [0.29, 0.717) is 10.7 Å². The van der Waals surface area contributed by atoms with Gasteiger partial charge in [-0.1, -0.05) is 48.5 Å². The summed E-state index contributed by atoms with van der Waals surface area (Å²) < 4.78 is 9.93. The van der Waals surface area contributed by atoms with Crippen LogP contribution in [0.5, 0.6) is 0 Å². The van der Waals surface area contributed by atoms with Crippen LogP contribution in [0.4, 0.5) is 9.80 Å². The van der Waals surface area contributed by atoms with Crippen molar-refractivity contribution >= 4 is 28.6 Å². The van der Waals surface area contributed by atoms with E-state index >= 15 is 0 Å². The minimum Gasteiger partial charge on any atom is -0.478 e. The number of carbonyl (C=O) groups is 2. The first-order valence-electron chi connectivity index (χ1n) is 9.90. The second kappa shape index (κ2) is 7.25. The zero-order valence-corrected chi connectivity index (χ0v) is 17.2. The highest BCUT2D eigenvalue weighted by atomic mass is 32.1. The number of benzene rings is 2. The van der Waals surface area contributed by atoms with Gasteiger partial charge in [-0.15, -0.1) is 0 Å². The molecule has 3 aromatic rings. The summed E-state index contributed by atoms with van der Waals surface area (Å²) in [6, 6.07) is 16.3. The number of aromatic carboxylic acids is 1. The Bertz CT molecular complexity index is 1110. The summed E-state index contributed by atoms with van der Waals surface area (Å²) >= 11 is 1.04. The van der Waals surface area contributed by atoms with Crippen molar-refractivity contribution in [1.82, 2.24) is 4.37 Å². The molecule has 0 atom stereocenters. The van der Waals surface area contributed by atoms with Crippen molar-refractivity contribution in [2.75, 3.05) is 11.5 Å². The molecule has 1 heterocycles. The van der Waals surface area contributed by atoms with E-state index in [4.69, 9.17) is 4.74 Å². The Balaban J connectivity index is 1.41. The number of aromatic nitrogens is 1. The number of amides is 1. The topological polar surface area (TPSA) is 79.7 Å².